The van der Waals surface area contributed by atoms with Gasteiger partial charge >= 0.3 is 6.18 Å². The van der Waals surface area contributed by atoms with E-state index in [1.54, 1.807) is 0 Å². The number of benzene rings is 2. The first kappa shape index (κ1) is 21.7. The molecule has 4 aromatic rings. The Labute approximate surface area is 178 Å². The number of alkyl halides is 3. The van der Waals surface area contributed by atoms with Crippen LogP contribution in [0.2, 0.25) is 0 Å². The molecule has 0 aliphatic carbocycles. The van der Waals surface area contributed by atoms with E-state index in [0.29, 0.717) is 34.5 Å². The van der Waals surface area contributed by atoms with Gasteiger partial charge in [-0.1, -0.05) is 24.3 Å². The van der Waals surface area contributed by atoms with Gasteiger partial charge in [0.2, 0.25) is 5.95 Å². The minimum atomic E-state index is -4.72. The highest BCUT2D eigenvalue weighted by Gasteiger charge is 2.39. The molecule has 0 aliphatic heterocycles. The predicted molar refractivity (Wildman–Crippen MR) is 107 cm³/mol. The maximum absolute atomic E-state index is 14.0. The monoisotopic (exact) mass is 450 g/mol. The number of aliphatic hydroxyl groups excluding tert-OH is 1. The molecule has 8 nitrogen and oxygen atoms in total. The third kappa shape index (κ3) is 4.14. The van der Waals surface area contributed by atoms with Gasteiger partial charge in [-0.25, -0.2) is 14.4 Å². The standard InChI is InChI=1S/C20H18F4N6O2/c1-32-14-7-12(21)6-13-16(14)28-19(25)30-18(13)27-15(29-30)9-26-8-10-2-4-11(5-3-10)17(31)20(22,23)24/h2-7,17,26,31H,8-9H2,1H3,(H2,25,28). The summed E-state index contributed by atoms with van der Waals surface area (Å²) in [5.74, 6) is 0.105. The molecule has 0 saturated carbocycles. The summed E-state index contributed by atoms with van der Waals surface area (Å²) in [6.45, 7) is 0.525. The molecule has 0 fully saturated rings. The second-order valence-electron chi connectivity index (χ2n) is 7.03. The van der Waals surface area contributed by atoms with Crippen molar-refractivity contribution in [3.05, 3.63) is 59.2 Å². The van der Waals surface area contributed by atoms with Crippen LogP contribution in [0.5, 0.6) is 5.75 Å². The van der Waals surface area contributed by atoms with Gasteiger partial charge in [0.25, 0.3) is 0 Å². The molecule has 0 bridgehead atoms. The number of nitrogens with two attached hydrogens (primary N) is 1. The molecular formula is C20H18F4N6O2. The quantitative estimate of drug-likeness (QED) is 0.388. The normalized spacial score (nSPS) is 13.1. The van der Waals surface area contributed by atoms with E-state index in [1.807, 2.05) is 0 Å². The number of anilines is 1. The molecule has 4 N–H and O–H groups in total. The molecule has 0 amide bonds. The number of methoxy groups -OCH3 is 1. The van der Waals surface area contributed by atoms with E-state index < -0.39 is 18.1 Å². The van der Waals surface area contributed by atoms with Gasteiger partial charge in [-0.3, -0.25) is 0 Å². The molecule has 4 rings (SSSR count). The van der Waals surface area contributed by atoms with Crippen molar-refractivity contribution < 1.29 is 27.4 Å². The number of nitrogen functional groups attached to an aromatic ring is 1. The number of ether oxygens (including phenoxy) is 1. The van der Waals surface area contributed by atoms with Crippen LogP contribution in [0.4, 0.5) is 23.5 Å². The van der Waals surface area contributed by atoms with Crippen LogP contribution in [-0.4, -0.2) is 38.0 Å². The molecule has 0 spiro atoms. The number of halogens is 4. The summed E-state index contributed by atoms with van der Waals surface area (Å²) in [7, 11) is 1.39. The van der Waals surface area contributed by atoms with Gasteiger partial charge in [-0.15, -0.1) is 5.10 Å². The summed E-state index contributed by atoms with van der Waals surface area (Å²) < 4.78 is 58.2. The lowest BCUT2D eigenvalue weighted by Crippen LogP contribution is -2.20. The number of aliphatic hydroxyl groups is 1. The third-order valence-corrected chi connectivity index (χ3v) is 4.81. The highest BCUT2D eigenvalue weighted by atomic mass is 19.4. The van der Waals surface area contributed by atoms with E-state index in [2.05, 4.69) is 20.4 Å². The van der Waals surface area contributed by atoms with Crippen LogP contribution in [-0.2, 0) is 13.1 Å². The Balaban J connectivity index is 1.51. The summed E-state index contributed by atoms with van der Waals surface area (Å²) in [6.07, 6.45) is -7.24. The van der Waals surface area contributed by atoms with E-state index in [1.165, 1.54) is 48.0 Å². The fourth-order valence-corrected chi connectivity index (χ4v) is 3.27. The molecule has 2 aromatic carbocycles. The zero-order chi connectivity index (χ0) is 23.0. The van der Waals surface area contributed by atoms with Crippen LogP contribution >= 0.6 is 0 Å². The van der Waals surface area contributed by atoms with E-state index in [4.69, 9.17) is 10.5 Å². The summed E-state index contributed by atoms with van der Waals surface area (Å²) in [4.78, 5) is 8.63. The Morgan fingerprint density at radius 1 is 1.16 bits per heavy atom. The Bertz CT molecular complexity index is 1270. The molecule has 0 aliphatic rings. The van der Waals surface area contributed by atoms with Crippen molar-refractivity contribution in [2.45, 2.75) is 25.4 Å². The predicted octanol–water partition coefficient (Wildman–Crippen LogP) is 2.89. The Hall–Kier alpha value is -3.51. The minimum Gasteiger partial charge on any atom is -0.494 e. The molecule has 32 heavy (non-hydrogen) atoms. The molecule has 1 atom stereocenters. The Kier molecular flexibility index (Phi) is 5.57. The van der Waals surface area contributed by atoms with Gasteiger partial charge in [0.1, 0.15) is 17.1 Å². The molecule has 2 heterocycles. The van der Waals surface area contributed by atoms with E-state index in [-0.39, 0.29) is 23.8 Å². The van der Waals surface area contributed by atoms with Crippen LogP contribution in [0.1, 0.15) is 23.1 Å². The number of nitrogens with one attached hydrogen (secondary N) is 1. The van der Waals surface area contributed by atoms with Gasteiger partial charge in [0.05, 0.1) is 19.0 Å². The Morgan fingerprint density at radius 3 is 2.53 bits per heavy atom. The maximum atomic E-state index is 14.0. The minimum absolute atomic E-state index is 0.0509. The first-order chi connectivity index (χ1) is 15.2. The highest BCUT2D eigenvalue weighted by molar-refractivity contribution is 5.95. The van der Waals surface area contributed by atoms with Gasteiger partial charge < -0.3 is 20.9 Å². The van der Waals surface area contributed by atoms with Gasteiger partial charge in [-0.2, -0.15) is 17.7 Å². The van der Waals surface area contributed by atoms with Crippen LogP contribution in [0.3, 0.4) is 0 Å². The van der Waals surface area contributed by atoms with Crippen molar-refractivity contribution in [2.75, 3.05) is 12.8 Å². The van der Waals surface area contributed by atoms with Crippen LogP contribution in [0.15, 0.2) is 36.4 Å². The summed E-state index contributed by atoms with van der Waals surface area (Å²) in [5.41, 5.74) is 7.10. The van der Waals surface area contributed by atoms with Gasteiger partial charge in [-0.05, 0) is 17.2 Å². The Morgan fingerprint density at radius 2 is 1.88 bits per heavy atom. The number of hydrogen-bond acceptors (Lipinski definition) is 7. The zero-order valence-corrected chi connectivity index (χ0v) is 16.7. The second-order valence-corrected chi connectivity index (χ2v) is 7.03. The second kappa shape index (κ2) is 8.20. The maximum Gasteiger partial charge on any atom is 0.418 e. The molecule has 168 valence electrons. The van der Waals surface area contributed by atoms with Crippen LogP contribution in [0, 0.1) is 5.82 Å². The zero-order valence-electron chi connectivity index (χ0n) is 16.7. The first-order valence-corrected chi connectivity index (χ1v) is 9.40. The molecule has 12 heteroatoms. The summed E-state index contributed by atoms with van der Waals surface area (Å²) in [6, 6.07) is 7.88. The number of hydrogen-bond donors (Lipinski definition) is 3. The topological polar surface area (TPSA) is 111 Å². The van der Waals surface area contributed by atoms with Crippen molar-refractivity contribution in [3.63, 3.8) is 0 Å². The largest absolute Gasteiger partial charge is 0.494 e. The van der Waals surface area contributed by atoms with Crippen molar-refractivity contribution in [1.82, 2.24) is 24.9 Å². The number of aromatic nitrogens is 4. The van der Waals surface area contributed by atoms with E-state index in [0.717, 1.165) is 0 Å². The average molecular weight is 450 g/mol. The lowest BCUT2D eigenvalue weighted by Gasteiger charge is -2.15. The van der Waals surface area contributed by atoms with Crippen LogP contribution in [0.25, 0.3) is 16.6 Å². The van der Waals surface area contributed by atoms with Crippen LogP contribution < -0.4 is 15.8 Å². The lowest BCUT2D eigenvalue weighted by molar-refractivity contribution is -0.206. The lowest BCUT2D eigenvalue weighted by atomic mass is 10.1. The molecule has 1 unspecified atom stereocenters. The molecular weight excluding hydrogens is 432 g/mol. The highest BCUT2D eigenvalue weighted by Crippen LogP contribution is 2.32. The van der Waals surface area contributed by atoms with Crippen molar-refractivity contribution in [3.8, 4) is 5.75 Å². The number of nitrogens with zero attached hydrogens (tertiary/aromatic N) is 4. The number of fused-ring (bicyclic) bond motifs is 3. The van der Waals surface area contributed by atoms with Crippen molar-refractivity contribution >= 4 is 22.5 Å². The van der Waals surface area contributed by atoms with Crippen molar-refractivity contribution in [1.29, 1.82) is 0 Å². The first-order valence-electron chi connectivity index (χ1n) is 9.40. The van der Waals surface area contributed by atoms with E-state index in [9.17, 15) is 22.7 Å². The van der Waals surface area contributed by atoms with E-state index >= 15 is 0 Å². The summed E-state index contributed by atoms with van der Waals surface area (Å²) >= 11 is 0. The fourth-order valence-electron chi connectivity index (χ4n) is 3.27. The van der Waals surface area contributed by atoms with Gasteiger partial charge in [0, 0.05) is 12.6 Å². The molecule has 2 aromatic heterocycles. The van der Waals surface area contributed by atoms with Gasteiger partial charge in [0.15, 0.2) is 17.6 Å². The fraction of sp³-hybridized carbons (Fsp3) is 0.250. The average Bonchev–Trinajstić information content (AvgIpc) is 3.18. The third-order valence-electron chi connectivity index (χ3n) is 4.81. The smallest absolute Gasteiger partial charge is 0.418 e. The van der Waals surface area contributed by atoms with Crippen molar-refractivity contribution in [2.24, 2.45) is 0 Å². The number of rotatable bonds is 6. The SMILES string of the molecule is COc1cc(F)cc2c1nc(N)n1nc(CNCc3ccc(C(O)C(F)(F)F)cc3)nc21. The molecule has 0 saturated heterocycles. The summed E-state index contributed by atoms with van der Waals surface area (Å²) in [5, 5.41) is 17.0. The molecule has 0 radical (unpaired) electrons.